The Morgan fingerprint density at radius 1 is 0.926 bits per heavy atom. The molecule has 2 saturated heterocycles. The van der Waals surface area contributed by atoms with Gasteiger partial charge in [-0.3, -0.25) is 9.69 Å². The molecule has 0 radical (unpaired) electrons. The van der Waals surface area contributed by atoms with Crippen LogP contribution in [0.5, 0.6) is 0 Å². The second-order valence-electron chi connectivity index (χ2n) is 8.50. The molecule has 1 aromatic rings. The lowest BCUT2D eigenvalue weighted by molar-refractivity contribution is -0.138. The van der Waals surface area contributed by atoms with E-state index in [4.69, 9.17) is 23.2 Å². The molecule has 0 bridgehead atoms. The molecule has 0 spiro atoms. The van der Waals surface area contributed by atoms with E-state index in [-0.39, 0.29) is 5.91 Å². The fourth-order valence-corrected chi connectivity index (χ4v) is 5.88. The summed E-state index contributed by atoms with van der Waals surface area (Å²) in [5, 5.41) is 1.08. The minimum atomic E-state index is 0.259. The number of likely N-dealkylation sites (tertiary alicyclic amines) is 2. The summed E-state index contributed by atoms with van der Waals surface area (Å²) >= 11 is 12.2. The first kappa shape index (κ1) is 19.5. The van der Waals surface area contributed by atoms with E-state index in [1.54, 1.807) is 6.07 Å². The average molecular weight is 409 g/mol. The fourth-order valence-electron chi connectivity index (χ4n) is 5.55. The molecule has 3 nitrogen and oxygen atoms in total. The number of hydrogen-bond donors (Lipinski definition) is 0. The Hall–Kier alpha value is -0.770. The third kappa shape index (κ3) is 4.31. The Bertz CT molecular complexity index is 674. The quantitative estimate of drug-likeness (QED) is 0.687. The fraction of sp³-hybridized carbons (Fsp3) is 0.682. The van der Waals surface area contributed by atoms with Crippen molar-refractivity contribution in [1.82, 2.24) is 9.80 Å². The SMILES string of the molecule is O=C(Cc1ccc(Cl)c(Cl)c1)N1CCCC2CCCCC(N3CCCC3)C21. The maximum Gasteiger partial charge on any atom is 0.227 e. The van der Waals surface area contributed by atoms with Gasteiger partial charge in [0.15, 0.2) is 0 Å². The van der Waals surface area contributed by atoms with E-state index in [1.165, 1.54) is 58.0 Å². The molecule has 1 saturated carbocycles. The summed E-state index contributed by atoms with van der Waals surface area (Å²) in [6.07, 6.45) is 10.6. The van der Waals surface area contributed by atoms with Gasteiger partial charge in [0.25, 0.3) is 0 Å². The van der Waals surface area contributed by atoms with Crippen molar-refractivity contribution in [2.75, 3.05) is 19.6 Å². The first-order valence-corrected chi connectivity index (χ1v) is 11.4. The van der Waals surface area contributed by atoms with Crippen molar-refractivity contribution in [1.29, 1.82) is 0 Å². The molecule has 1 aromatic carbocycles. The zero-order chi connectivity index (χ0) is 18.8. The molecule has 148 valence electrons. The molecular weight excluding hydrogens is 379 g/mol. The van der Waals surface area contributed by atoms with Crippen LogP contribution in [-0.2, 0) is 11.2 Å². The molecule has 1 amide bonds. The van der Waals surface area contributed by atoms with E-state index in [0.29, 0.717) is 34.5 Å². The van der Waals surface area contributed by atoms with E-state index in [0.717, 1.165) is 18.5 Å². The van der Waals surface area contributed by atoms with Crippen molar-refractivity contribution < 1.29 is 4.79 Å². The largest absolute Gasteiger partial charge is 0.338 e. The van der Waals surface area contributed by atoms with Gasteiger partial charge >= 0.3 is 0 Å². The van der Waals surface area contributed by atoms with Crippen LogP contribution in [0.3, 0.4) is 0 Å². The summed E-state index contributed by atoms with van der Waals surface area (Å²) in [4.78, 5) is 18.3. The summed E-state index contributed by atoms with van der Waals surface area (Å²) in [5.41, 5.74) is 0.961. The van der Waals surface area contributed by atoms with Crippen LogP contribution in [0.15, 0.2) is 18.2 Å². The van der Waals surface area contributed by atoms with Crippen molar-refractivity contribution >= 4 is 29.1 Å². The number of benzene rings is 1. The van der Waals surface area contributed by atoms with E-state index in [9.17, 15) is 4.79 Å². The highest BCUT2D eigenvalue weighted by Gasteiger charge is 2.42. The summed E-state index contributed by atoms with van der Waals surface area (Å²) in [6, 6.07) is 6.52. The van der Waals surface area contributed by atoms with Gasteiger partial charge < -0.3 is 4.90 Å². The van der Waals surface area contributed by atoms with Crippen LogP contribution in [0.25, 0.3) is 0 Å². The lowest BCUT2D eigenvalue weighted by Crippen LogP contribution is -2.58. The van der Waals surface area contributed by atoms with Crippen LogP contribution < -0.4 is 0 Å². The maximum atomic E-state index is 13.3. The number of piperidine rings is 1. The van der Waals surface area contributed by atoms with E-state index >= 15 is 0 Å². The summed E-state index contributed by atoms with van der Waals surface area (Å²) < 4.78 is 0. The van der Waals surface area contributed by atoms with Crippen molar-refractivity contribution in [3.8, 4) is 0 Å². The molecule has 3 fully saturated rings. The monoisotopic (exact) mass is 408 g/mol. The highest BCUT2D eigenvalue weighted by atomic mass is 35.5. The molecule has 4 rings (SSSR count). The van der Waals surface area contributed by atoms with Crippen molar-refractivity contribution in [2.24, 2.45) is 5.92 Å². The normalized spacial score (nSPS) is 29.4. The Labute approximate surface area is 173 Å². The van der Waals surface area contributed by atoms with Crippen LogP contribution >= 0.6 is 23.2 Å². The minimum absolute atomic E-state index is 0.259. The van der Waals surface area contributed by atoms with E-state index in [1.807, 2.05) is 12.1 Å². The highest BCUT2D eigenvalue weighted by molar-refractivity contribution is 6.42. The topological polar surface area (TPSA) is 23.6 Å². The lowest BCUT2D eigenvalue weighted by Gasteiger charge is -2.47. The Morgan fingerprint density at radius 2 is 1.67 bits per heavy atom. The smallest absolute Gasteiger partial charge is 0.227 e. The second kappa shape index (κ2) is 8.71. The van der Waals surface area contributed by atoms with Crippen LogP contribution in [-0.4, -0.2) is 47.4 Å². The minimum Gasteiger partial charge on any atom is -0.338 e. The Morgan fingerprint density at radius 3 is 2.44 bits per heavy atom. The molecule has 3 aliphatic rings. The first-order chi connectivity index (χ1) is 13.1. The number of fused-ring (bicyclic) bond motifs is 1. The molecule has 3 unspecified atom stereocenters. The van der Waals surface area contributed by atoms with Gasteiger partial charge in [0, 0.05) is 12.6 Å². The Balaban J connectivity index is 1.55. The summed E-state index contributed by atoms with van der Waals surface area (Å²) in [5.74, 6) is 0.929. The predicted octanol–water partition coefficient (Wildman–Crippen LogP) is 5.18. The molecule has 27 heavy (non-hydrogen) atoms. The maximum absolute atomic E-state index is 13.3. The van der Waals surface area contributed by atoms with Gasteiger partial charge in [0.2, 0.25) is 5.91 Å². The van der Waals surface area contributed by atoms with Gasteiger partial charge in [0.05, 0.1) is 22.5 Å². The third-order valence-corrected chi connectivity index (χ3v) is 7.54. The van der Waals surface area contributed by atoms with Gasteiger partial charge in [-0.25, -0.2) is 0 Å². The van der Waals surface area contributed by atoms with E-state index < -0.39 is 0 Å². The molecule has 2 aliphatic heterocycles. The number of amides is 1. The summed E-state index contributed by atoms with van der Waals surface area (Å²) in [6.45, 7) is 3.33. The summed E-state index contributed by atoms with van der Waals surface area (Å²) in [7, 11) is 0. The van der Waals surface area contributed by atoms with Gasteiger partial charge in [0.1, 0.15) is 0 Å². The van der Waals surface area contributed by atoms with Crippen LogP contribution in [0.1, 0.15) is 56.9 Å². The zero-order valence-electron chi connectivity index (χ0n) is 16.0. The molecule has 0 aromatic heterocycles. The molecule has 2 heterocycles. The lowest BCUT2D eigenvalue weighted by atomic mass is 9.82. The molecule has 3 atom stereocenters. The predicted molar refractivity (Wildman–Crippen MR) is 111 cm³/mol. The standard InChI is InChI=1S/C22H30Cl2N2O/c23-18-10-9-16(14-19(18)24)15-21(27)26-13-5-7-17-6-1-2-8-20(22(17)26)25-11-3-4-12-25/h9-10,14,17,20,22H,1-8,11-13,15H2. The van der Waals surface area contributed by atoms with E-state index in [2.05, 4.69) is 9.80 Å². The van der Waals surface area contributed by atoms with Gasteiger partial charge in [-0.15, -0.1) is 0 Å². The number of hydrogen-bond acceptors (Lipinski definition) is 2. The second-order valence-corrected chi connectivity index (χ2v) is 9.31. The van der Waals surface area contributed by atoms with Crippen molar-refractivity contribution in [3.63, 3.8) is 0 Å². The van der Waals surface area contributed by atoms with Crippen molar-refractivity contribution in [2.45, 2.75) is 69.9 Å². The van der Waals surface area contributed by atoms with Crippen LogP contribution in [0, 0.1) is 5.92 Å². The molecule has 1 aliphatic carbocycles. The Kier molecular flexibility index (Phi) is 6.31. The average Bonchev–Trinajstić information content (AvgIpc) is 3.11. The van der Waals surface area contributed by atoms with Gasteiger partial charge in [-0.05, 0) is 75.2 Å². The number of nitrogens with zero attached hydrogens (tertiary/aromatic N) is 2. The van der Waals surface area contributed by atoms with Crippen molar-refractivity contribution in [3.05, 3.63) is 33.8 Å². The van der Waals surface area contributed by atoms with Crippen LogP contribution in [0.2, 0.25) is 10.0 Å². The molecular formula is C22H30Cl2N2O. The molecule has 5 heteroatoms. The molecule has 0 N–H and O–H groups in total. The van der Waals surface area contributed by atoms with Gasteiger partial charge in [-0.2, -0.15) is 0 Å². The zero-order valence-corrected chi connectivity index (χ0v) is 17.5. The number of carbonyl (C=O) groups excluding carboxylic acids is 1. The highest BCUT2D eigenvalue weighted by Crippen LogP contribution is 2.38. The van der Waals surface area contributed by atoms with Crippen LogP contribution in [0.4, 0.5) is 0 Å². The number of rotatable bonds is 3. The number of carbonyl (C=O) groups is 1. The van der Waals surface area contributed by atoms with Gasteiger partial charge in [-0.1, -0.05) is 42.1 Å². The first-order valence-electron chi connectivity index (χ1n) is 10.6. The number of halogens is 2. The third-order valence-electron chi connectivity index (χ3n) is 6.81.